The molecular formula is C15H21NO2. The number of hydrogen-bond acceptors (Lipinski definition) is 3. The maximum absolute atomic E-state index is 11.7. The normalized spacial score (nSPS) is 24.6. The minimum absolute atomic E-state index is 0.0314. The van der Waals surface area contributed by atoms with Crippen molar-refractivity contribution in [2.45, 2.75) is 39.8 Å². The molecular weight excluding hydrogens is 226 g/mol. The molecule has 0 aromatic heterocycles. The Hall–Kier alpha value is -1.35. The van der Waals surface area contributed by atoms with Gasteiger partial charge in [-0.3, -0.25) is 0 Å². The molecule has 1 heterocycles. The highest BCUT2D eigenvalue weighted by Crippen LogP contribution is 2.29. The maximum Gasteiger partial charge on any atom is 0.329 e. The van der Waals surface area contributed by atoms with Crippen molar-refractivity contribution in [3.05, 3.63) is 35.9 Å². The maximum atomic E-state index is 11.7. The van der Waals surface area contributed by atoms with Crippen LogP contribution >= 0.6 is 0 Å². The van der Waals surface area contributed by atoms with E-state index in [9.17, 15) is 4.79 Å². The van der Waals surface area contributed by atoms with Crippen molar-refractivity contribution in [1.29, 1.82) is 0 Å². The minimum Gasteiger partial charge on any atom is -0.367 e. The Balaban J connectivity index is 2.08. The predicted octanol–water partition coefficient (Wildman–Crippen LogP) is 3.01. The average Bonchev–Trinajstić information content (AvgIpc) is 2.58. The van der Waals surface area contributed by atoms with Crippen LogP contribution in [0.4, 0.5) is 0 Å². The van der Waals surface area contributed by atoms with Gasteiger partial charge >= 0.3 is 5.97 Å². The molecule has 1 aliphatic heterocycles. The Kier molecular flexibility index (Phi) is 4.02. The largest absolute Gasteiger partial charge is 0.367 e. The Morgan fingerprint density at radius 1 is 1.28 bits per heavy atom. The van der Waals surface area contributed by atoms with E-state index in [2.05, 4.69) is 26.0 Å². The molecule has 1 aromatic carbocycles. The van der Waals surface area contributed by atoms with E-state index in [0.717, 1.165) is 6.42 Å². The molecule has 0 N–H and O–H groups in total. The summed E-state index contributed by atoms with van der Waals surface area (Å²) in [6, 6.07) is 10.3. The molecule has 1 aliphatic rings. The van der Waals surface area contributed by atoms with Crippen LogP contribution in [0, 0.1) is 11.8 Å². The van der Waals surface area contributed by atoms with Crippen LogP contribution in [-0.2, 0) is 16.2 Å². The lowest BCUT2D eigenvalue weighted by Crippen LogP contribution is -2.32. The van der Waals surface area contributed by atoms with E-state index >= 15 is 0 Å². The van der Waals surface area contributed by atoms with E-state index in [-0.39, 0.29) is 17.9 Å². The fourth-order valence-corrected chi connectivity index (χ4v) is 2.39. The van der Waals surface area contributed by atoms with Crippen molar-refractivity contribution in [2.24, 2.45) is 11.8 Å². The lowest BCUT2D eigenvalue weighted by Gasteiger charge is -2.24. The SMILES string of the molecule is CC(C)CC1C(C)C(=O)ON1Cc1ccccc1. The minimum atomic E-state index is -0.100. The summed E-state index contributed by atoms with van der Waals surface area (Å²) in [5.74, 6) is 0.429. The molecule has 98 valence electrons. The van der Waals surface area contributed by atoms with E-state index in [1.54, 1.807) is 0 Å². The van der Waals surface area contributed by atoms with Crippen molar-refractivity contribution in [2.75, 3.05) is 0 Å². The highest BCUT2D eigenvalue weighted by atomic mass is 16.7. The third-order valence-corrected chi connectivity index (χ3v) is 3.42. The molecule has 0 spiro atoms. The number of carbonyl (C=O) groups excluding carboxylic acids is 1. The van der Waals surface area contributed by atoms with Gasteiger partial charge in [-0.05, 0) is 17.9 Å². The van der Waals surface area contributed by atoms with Crippen LogP contribution in [0.3, 0.4) is 0 Å². The molecule has 1 fully saturated rings. The molecule has 0 radical (unpaired) electrons. The van der Waals surface area contributed by atoms with Gasteiger partial charge in [-0.2, -0.15) is 0 Å². The zero-order chi connectivity index (χ0) is 13.1. The van der Waals surface area contributed by atoms with Crippen molar-refractivity contribution >= 4 is 5.97 Å². The molecule has 3 heteroatoms. The van der Waals surface area contributed by atoms with E-state index < -0.39 is 0 Å². The van der Waals surface area contributed by atoms with Gasteiger partial charge in [0.15, 0.2) is 0 Å². The number of carbonyl (C=O) groups is 1. The van der Waals surface area contributed by atoms with Gasteiger partial charge in [-0.1, -0.05) is 51.1 Å². The standard InChI is InChI=1S/C15H21NO2/c1-11(2)9-14-12(3)15(17)18-16(14)10-13-7-5-4-6-8-13/h4-8,11-12,14H,9-10H2,1-3H3. The van der Waals surface area contributed by atoms with Crippen LogP contribution in [0.1, 0.15) is 32.8 Å². The van der Waals surface area contributed by atoms with Crippen LogP contribution in [0.5, 0.6) is 0 Å². The number of benzene rings is 1. The topological polar surface area (TPSA) is 29.5 Å². The van der Waals surface area contributed by atoms with Crippen molar-refractivity contribution < 1.29 is 9.63 Å². The third kappa shape index (κ3) is 2.91. The predicted molar refractivity (Wildman–Crippen MR) is 70.5 cm³/mol. The van der Waals surface area contributed by atoms with Gasteiger partial charge in [0, 0.05) is 0 Å². The Bertz CT molecular complexity index is 402. The number of rotatable bonds is 4. The summed E-state index contributed by atoms with van der Waals surface area (Å²) in [5.41, 5.74) is 1.17. The summed E-state index contributed by atoms with van der Waals surface area (Å²) in [4.78, 5) is 17.1. The molecule has 2 unspecified atom stereocenters. The molecule has 0 saturated carbocycles. The van der Waals surface area contributed by atoms with Crippen LogP contribution in [0.15, 0.2) is 30.3 Å². The highest BCUT2D eigenvalue weighted by molar-refractivity contribution is 5.74. The van der Waals surface area contributed by atoms with Crippen LogP contribution < -0.4 is 0 Å². The summed E-state index contributed by atoms with van der Waals surface area (Å²) in [5, 5.41) is 1.85. The molecule has 2 atom stereocenters. The molecule has 2 rings (SSSR count). The first-order valence-corrected chi connectivity index (χ1v) is 6.60. The van der Waals surface area contributed by atoms with E-state index in [1.165, 1.54) is 5.56 Å². The van der Waals surface area contributed by atoms with Crippen LogP contribution in [0.2, 0.25) is 0 Å². The quantitative estimate of drug-likeness (QED) is 0.819. The third-order valence-electron chi connectivity index (χ3n) is 3.42. The van der Waals surface area contributed by atoms with Gasteiger partial charge in [0.1, 0.15) is 0 Å². The molecule has 0 aliphatic carbocycles. The zero-order valence-corrected chi connectivity index (χ0v) is 11.3. The van der Waals surface area contributed by atoms with Gasteiger partial charge < -0.3 is 4.84 Å². The molecule has 3 nitrogen and oxygen atoms in total. The van der Waals surface area contributed by atoms with E-state index in [4.69, 9.17) is 4.84 Å². The van der Waals surface area contributed by atoms with Gasteiger partial charge in [-0.25, -0.2) is 4.79 Å². The summed E-state index contributed by atoms with van der Waals surface area (Å²) in [7, 11) is 0. The zero-order valence-electron chi connectivity index (χ0n) is 11.3. The summed E-state index contributed by atoms with van der Waals surface area (Å²) >= 11 is 0. The van der Waals surface area contributed by atoms with Crippen molar-refractivity contribution in [3.8, 4) is 0 Å². The highest BCUT2D eigenvalue weighted by Gasteiger charge is 2.40. The Morgan fingerprint density at radius 3 is 2.56 bits per heavy atom. The second-order valence-electron chi connectivity index (χ2n) is 5.46. The second-order valence-corrected chi connectivity index (χ2v) is 5.46. The van der Waals surface area contributed by atoms with Gasteiger partial charge in [-0.15, -0.1) is 5.06 Å². The van der Waals surface area contributed by atoms with E-state index in [0.29, 0.717) is 12.5 Å². The van der Waals surface area contributed by atoms with Gasteiger partial charge in [0.2, 0.25) is 0 Å². The lowest BCUT2D eigenvalue weighted by molar-refractivity contribution is -0.179. The summed E-state index contributed by atoms with van der Waals surface area (Å²) in [6.07, 6.45) is 0.986. The Labute approximate surface area is 109 Å². The number of hydroxylamine groups is 2. The van der Waals surface area contributed by atoms with Crippen molar-refractivity contribution in [3.63, 3.8) is 0 Å². The molecule has 1 aromatic rings. The van der Waals surface area contributed by atoms with Gasteiger partial charge in [0.05, 0.1) is 18.5 Å². The number of hydrogen-bond donors (Lipinski definition) is 0. The van der Waals surface area contributed by atoms with Gasteiger partial charge in [0.25, 0.3) is 0 Å². The first-order chi connectivity index (χ1) is 8.58. The molecule has 18 heavy (non-hydrogen) atoms. The first-order valence-electron chi connectivity index (χ1n) is 6.60. The average molecular weight is 247 g/mol. The number of nitrogens with zero attached hydrogens (tertiary/aromatic N) is 1. The monoisotopic (exact) mass is 247 g/mol. The fourth-order valence-electron chi connectivity index (χ4n) is 2.39. The molecule has 0 bridgehead atoms. The van der Waals surface area contributed by atoms with Crippen molar-refractivity contribution in [1.82, 2.24) is 5.06 Å². The Morgan fingerprint density at radius 2 is 1.94 bits per heavy atom. The summed E-state index contributed by atoms with van der Waals surface area (Å²) in [6.45, 7) is 6.99. The fraction of sp³-hybridized carbons (Fsp3) is 0.533. The molecule has 0 amide bonds. The smallest absolute Gasteiger partial charge is 0.329 e. The first kappa shape index (κ1) is 13.1. The lowest BCUT2D eigenvalue weighted by atomic mass is 9.94. The van der Waals surface area contributed by atoms with Crippen LogP contribution in [-0.4, -0.2) is 17.1 Å². The second kappa shape index (κ2) is 5.53. The summed E-state index contributed by atoms with van der Waals surface area (Å²) < 4.78 is 0. The van der Waals surface area contributed by atoms with E-state index in [1.807, 2.05) is 30.2 Å². The molecule has 1 saturated heterocycles. The van der Waals surface area contributed by atoms with Crippen LogP contribution in [0.25, 0.3) is 0 Å².